The van der Waals surface area contributed by atoms with Crippen molar-refractivity contribution in [2.45, 2.75) is 51.3 Å². The highest BCUT2D eigenvalue weighted by molar-refractivity contribution is 7.91. The van der Waals surface area contributed by atoms with Gasteiger partial charge in [0.25, 0.3) is 0 Å². The molecule has 29 heavy (non-hydrogen) atoms. The molecule has 0 radical (unpaired) electrons. The zero-order chi connectivity index (χ0) is 21.2. The minimum absolute atomic E-state index is 0.118. The van der Waals surface area contributed by atoms with Gasteiger partial charge >= 0.3 is 0 Å². The van der Waals surface area contributed by atoms with E-state index >= 15 is 0 Å². The van der Waals surface area contributed by atoms with Gasteiger partial charge in [0.05, 0.1) is 23.4 Å². The average Bonchev–Trinajstić information content (AvgIpc) is 2.79. The lowest BCUT2D eigenvalue weighted by atomic mass is 9.81. The number of unbranched alkanes of at least 4 members (excludes halogenated alkanes) is 1. The minimum Gasteiger partial charge on any atom is -0.496 e. The standard InChI is InChI=1S/C23H30FNO3S/c1-5-7-12-23(6-2)15-25(19-10-8-18(24)9-11-19)20-14-21(28-4)17(3)13-22(20)29(26,27)16-23/h8-11,13-14H,5-7,12,15-16H2,1-4H3. The number of aryl methyl sites for hydroxylation is 1. The van der Waals surface area contributed by atoms with E-state index in [0.29, 0.717) is 22.9 Å². The van der Waals surface area contributed by atoms with Crippen LogP contribution in [0.3, 0.4) is 0 Å². The lowest BCUT2D eigenvalue weighted by Gasteiger charge is -2.36. The lowest BCUT2D eigenvalue weighted by molar-refractivity contribution is 0.290. The Morgan fingerprint density at radius 1 is 1.17 bits per heavy atom. The summed E-state index contributed by atoms with van der Waals surface area (Å²) >= 11 is 0. The van der Waals surface area contributed by atoms with Gasteiger partial charge in [-0.1, -0.05) is 26.7 Å². The van der Waals surface area contributed by atoms with E-state index in [-0.39, 0.29) is 17.0 Å². The maximum Gasteiger partial charge on any atom is 0.181 e. The SMILES string of the molecule is CCCCC1(CC)CN(c2ccc(F)cc2)c2cc(OC)c(C)cc2S(=O)(=O)C1. The smallest absolute Gasteiger partial charge is 0.181 e. The first-order chi connectivity index (χ1) is 13.7. The molecule has 2 aromatic carbocycles. The van der Waals surface area contributed by atoms with Crippen LogP contribution < -0.4 is 9.64 Å². The third-order valence-electron chi connectivity index (χ3n) is 6.04. The molecule has 1 aliphatic heterocycles. The van der Waals surface area contributed by atoms with E-state index in [9.17, 15) is 12.8 Å². The maximum absolute atomic E-state index is 13.6. The van der Waals surface area contributed by atoms with Gasteiger partial charge in [0, 0.05) is 23.7 Å². The second-order valence-electron chi connectivity index (χ2n) is 8.07. The van der Waals surface area contributed by atoms with Crippen molar-refractivity contribution in [1.82, 2.24) is 0 Å². The van der Waals surface area contributed by atoms with Crippen LogP contribution >= 0.6 is 0 Å². The molecule has 2 aromatic rings. The molecule has 1 heterocycles. The Hall–Kier alpha value is -2.08. The highest BCUT2D eigenvalue weighted by Gasteiger charge is 2.41. The molecule has 0 aromatic heterocycles. The van der Waals surface area contributed by atoms with Crippen LogP contribution in [0.5, 0.6) is 5.75 Å². The van der Waals surface area contributed by atoms with Crippen molar-refractivity contribution in [2.75, 3.05) is 24.3 Å². The fourth-order valence-electron chi connectivity index (χ4n) is 4.22. The van der Waals surface area contributed by atoms with Crippen molar-refractivity contribution in [1.29, 1.82) is 0 Å². The van der Waals surface area contributed by atoms with E-state index in [4.69, 9.17) is 4.74 Å². The zero-order valence-corrected chi connectivity index (χ0v) is 18.5. The number of halogens is 1. The van der Waals surface area contributed by atoms with E-state index < -0.39 is 9.84 Å². The summed E-state index contributed by atoms with van der Waals surface area (Å²) < 4.78 is 46.0. The van der Waals surface area contributed by atoms with Crippen molar-refractivity contribution in [2.24, 2.45) is 5.41 Å². The van der Waals surface area contributed by atoms with Crippen molar-refractivity contribution in [3.8, 4) is 5.75 Å². The molecule has 0 saturated heterocycles. The van der Waals surface area contributed by atoms with Gasteiger partial charge in [0.2, 0.25) is 0 Å². The van der Waals surface area contributed by atoms with E-state index in [1.54, 1.807) is 31.4 Å². The summed E-state index contributed by atoms with van der Waals surface area (Å²) in [4.78, 5) is 2.35. The van der Waals surface area contributed by atoms with Crippen molar-refractivity contribution >= 4 is 21.2 Å². The number of hydrogen-bond donors (Lipinski definition) is 0. The third kappa shape index (κ3) is 4.27. The predicted molar refractivity (Wildman–Crippen MR) is 115 cm³/mol. The van der Waals surface area contributed by atoms with Crippen LogP contribution in [0.4, 0.5) is 15.8 Å². The Kier molecular flexibility index (Phi) is 6.22. The topological polar surface area (TPSA) is 46.6 Å². The van der Waals surface area contributed by atoms with Gasteiger partial charge in [-0.05, 0) is 55.7 Å². The van der Waals surface area contributed by atoms with Crippen molar-refractivity contribution in [3.05, 3.63) is 47.8 Å². The molecule has 0 bridgehead atoms. The van der Waals surface area contributed by atoms with Gasteiger partial charge in [-0.15, -0.1) is 0 Å². The maximum atomic E-state index is 13.6. The van der Waals surface area contributed by atoms with Gasteiger partial charge in [-0.3, -0.25) is 0 Å². The van der Waals surface area contributed by atoms with Crippen LogP contribution in [0.2, 0.25) is 0 Å². The third-order valence-corrected chi connectivity index (χ3v) is 8.03. The van der Waals surface area contributed by atoms with Gasteiger partial charge in [-0.2, -0.15) is 0 Å². The molecular formula is C23H30FNO3S. The fourth-order valence-corrected chi connectivity index (χ4v) is 6.47. The van der Waals surface area contributed by atoms with Crippen LogP contribution in [0, 0.1) is 18.2 Å². The first-order valence-electron chi connectivity index (χ1n) is 10.2. The van der Waals surface area contributed by atoms with Gasteiger partial charge in [0.1, 0.15) is 11.6 Å². The molecule has 0 fully saturated rings. The van der Waals surface area contributed by atoms with E-state index in [1.165, 1.54) is 12.1 Å². The quantitative estimate of drug-likeness (QED) is 0.607. The Morgan fingerprint density at radius 3 is 2.45 bits per heavy atom. The molecule has 1 atom stereocenters. The van der Waals surface area contributed by atoms with Crippen LogP contribution in [0.1, 0.15) is 45.1 Å². The monoisotopic (exact) mass is 419 g/mol. The van der Waals surface area contributed by atoms with Gasteiger partial charge < -0.3 is 9.64 Å². The molecule has 1 unspecified atom stereocenters. The number of sulfone groups is 1. The first-order valence-corrected chi connectivity index (χ1v) is 11.8. The molecule has 0 saturated carbocycles. The number of hydrogen-bond acceptors (Lipinski definition) is 4. The van der Waals surface area contributed by atoms with Crippen molar-refractivity contribution in [3.63, 3.8) is 0 Å². The molecule has 0 aliphatic carbocycles. The number of methoxy groups -OCH3 is 1. The lowest BCUT2D eigenvalue weighted by Crippen LogP contribution is -2.37. The molecule has 0 N–H and O–H groups in total. The average molecular weight is 420 g/mol. The second-order valence-corrected chi connectivity index (χ2v) is 10.0. The number of fused-ring (bicyclic) bond motifs is 1. The molecule has 6 heteroatoms. The highest BCUT2D eigenvalue weighted by Crippen LogP contribution is 2.45. The molecular weight excluding hydrogens is 389 g/mol. The summed E-state index contributed by atoms with van der Waals surface area (Å²) in [6.07, 6.45) is 3.58. The molecule has 4 nitrogen and oxygen atoms in total. The Morgan fingerprint density at radius 2 is 1.86 bits per heavy atom. The van der Waals surface area contributed by atoms with E-state index in [2.05, 4.69) is 13.8 Å². The minimum atomic E-state index is -3.50. The number of anilines is 2. The number of benzene rings is 2. The number of ether oxygens (including phenoxy) is 1. The summed E-state index contributed by atoms with van der Waals surface area (Å²) in [5.41, 5.74) is 1.80. The zero-order valence-electron chi connectivity index (χ0n) is 17.7. The summed E-state index contributed by atoms with van der Waals surface area (Å²) in [5, 5.41) is 0. The van der Waals surface area contributed by atoms with Crippen LogP contribution in [-0.2, 0) is 9.84 Å². The fraction of sp³-hybridized carbons (Fsp3) is 0.478. The van der Waals surface area contributed by atoms with Gasteiger partial charge in [-0.25, -0.2) is 12.8 Å². The molecule has 3 rings (SSSR count). The van der Waals surface area contributed by atoms with Crippen LogP contribution in [0.15, 0.2) is 41.3 Å². The summed E-state index contributed by atoms with van der Waals surface area (Å²) in [7, 11) is -1.91. The summed E-state index contributed by atoms with van der Waals surface area (Å²) in [6.45, 7) is 6.60. The molecule has 0 amide bonds. The second kappa shape index (κ2) is 8.34. The molecule has 0 spiro atoms. The Bertz CT molecular complexity index is 972. The normalized spacial score (nSPS) is 20.8. The number of rotatable bonds is 6. The number of nitrogens with zero attached hydrogens (tertiary/aromatic N) is 1. The van der Waals surface area contributed by atoms with Crippen LogP contribution in [0.25, 0.3) is 0 Å². The predicted octanol–water partition coefficient (Wildman–Crippen LogP) is 5.65. The van der Waals surface area contributed by atoms with Crippen molar-refractivity contribution < 1.29 is 17.5 Å². The summed E-state index contributed by atoms with van der Waals surface area (Å²) in [6, 6.07) is 9.77. The van der Waals surface area contributed by atoms with Crippen LogP contribution in [-0.4, -0.2) is 27.8 Å². The first kappa shape index (κ1) is 21.6. The molecule has 158 valence electrons. The van der Waals surface area contributed by atoms with E-state index in [1.807, 2.05) is 11.8 Å². The Labute approximate surface area is 173 Å². The summed E-state index contributed by atoms with van der Waals surface area (Å²) in [5.74, 6) is 0.446. The van der Waals surface area contributed by atoms with E-state index in [0.717, 1.165) is 36.9 Å². The Balaban J connectivity index is 2.26. The highest BCUT2D eigenvalue weighted by atomic mass is 32.2. The van der Waals surface area contributed by atoms with Gasteiger partial charge in [0.15, 0.2) is 9.84 Å². The molecule has 1 aliphatic rings. The largest absolute Gasteiger partial charge is 0.496 e.